The Morgan fingerprint density at radius 3 is 3.05 bits per heavy atom. The van der Waals surface area contributed by atoms with E-state index in [2.05, 4.69) is 25.4 Å². The fraction of sp³-hybridized carbons (Fsp3) is 0.231. The minimum Gasteiger partial charge on any atom is -0.354 e. The first kappa shape index (κ1) is 11.5. The average molecular weight is 284 g/mol. The Kier molecular flexibility index (Phi) is 2.70. The van der Waals surface area contributed by atoms with E-state index in [-0.39, 0.29) is 6.04 Å². The van der Waals surface area contributed by atoms with Gasteiger partial charge in [-0.15, -0.1) is 16.4 Å². The highest BCUT2D eigenvalue weighted by Gasteiger charge is 2.26. The van der Waals surface area contributed by atoms with Crippen molar-refractivity contribution < 1.29 is 0 Å². The van der Waals surface area contributed by atoms with Gasteiger partial charge in [0.2, 0.25) is 11.8 Å². The van der Waals surface area contributed by atoms with Gasteiger partial charge in [-0.25, -0.2) is 9.67 Å². The van der Waals surface area contributed by atoms with Crippen LogP contribution in [0.3, 0.4) is 0 Å². The van der Waals surface area contributed by atoms with Crippen molar-refractivity contribution in [2.45, 2.75) is 12.5 Å². The fourth-order valence-electron chi connectivity index (χ4n) is 2.33. The molecule has 0 aliphatic carbocycles. The van der Waals surface area contributed by atoms with Crippen LogP contribution in [0.2, 0.25) is 0 Å². The molecule has 4 heterocycles. The van der Waals surface area contributed by atoms with Crippen molar-refractivity contribution in [3.8, 4) is 11.5 Å². The van der Waals surface area contributed by atoms with Gasteiger partial charge in [0.15, 0.2) is 0 Å². The third-order valence-corrected chi connectivity index (χ3v) is 4.13. The summed E-state index contributed by atoms with van der Waals surface area (Å²) in [6.07, 6.45) is 4.55. The summed E-state index contributed by atoms with van der Waals surface area (Å²) in [7, 11) is 0. The molecule has 1 unspecified atom stereocenters. The van der Waals surface area contributed by atoms with Gasteiger partial charge in [-0.3, -0.25) is 4.98 Å². The number of hydrogen-bond acceptors (Lipinski definition) is 6. The van der Waals surface area contributed by atoms with Crippen molar-refractivity contribution in [1.82, 2.24) is 24.7 Å². The van der Waals surface area contributed by atoms with Crippen LogP contribution in [-0.2, 0) is 0 Å². The number of anilines is 1. The molecular weight excluding hydrogens is 272 g/mol. The number of fused-ring (bicyclic) bond motifs is 1. The van der Waals surface area contributed by atoms with Gasteiger partial charge in [0.1, 0.15) is 16.7 Å². The van der Waals surface area contributed by atoms with Gasteiger partial charge in [0.05, 0.1) is 0 Å². The van der Waals surface area contributed by atoms with Crippen LogP contribution in [0.4, 0.5) is 5.95 Å². The summed E-state index contributed by atoms with van der Waals surface area (Å²) in [6, 6.07) is 5.90. The highest BCUT2D eigenvalue weighted by Crippen LogP contribution is 2.30. The fourth-order valence-corrected chi connectivity index (χ4v) is 3.09. The van der Waals surface area contributed by atoms with Crippen LogP contribution in [0, 0.1) is 0 Å². The maximum absolute atomic E-state index is 4.61. The average Bonchev–Trinajstić information content (AvgIpc) is 3.17. The maximum Gasteiger partial charge on any atom is 0.222 e. The normalized spacial score (nSPS) is 17.5. The molecule has 3 aromatic rings. The van der Waals surface area contributed by atoms with Gasteiger partial charge in [-0.2, -0.15) is 4.98 Å². The largest absolute Gasteiger partial charge is 0.354 e. The quantitative estimate of drug-likeness (QED) is 0.781. The zero-order chi connectivity index (χ0) is 13.4. The first-order valence-electron chi connectivity index (χ1n) is 6.43. The summed E-state index contributed by atoms with van der Waals surface area (Å²) >= 11 is 1.65. The second-order valence-electron chi connectivity index (χ2n) is 4.52. The summed E-state index contributed by atoms with van der Waals surface area (Å²) in [5.74, 6) is 1.44. The molecule has 1 atom stereocenters. The minimum absolute atomic E-state index is 0.163. The lowest BCUT2D eigenvalue weighted by Crippen LogP contribution is -2.24. The Balaban J connectivity index is 1.78. The van der Waals surface area contributed by atoms with Crippen LogP contribution in [0.25, 0.3) is 11.5 Å². The van der Waals surface area contributed by atoms with E-state index in [0.29, 0.717) is 5.82 Å². The van der Waals surface area contributed by atoms with Gasteiger partial charge in [0, 0.05) is 24.3 Å². The first-order chi connectivity index (χ1) is 9.92. The molecule has 1 N–H and O–H groups in total. The third-order valence-electron chi connectivity index (χ3n) is 3.26. The van der Waals surface area contributed by atoms with Crippen LogP contribution >= 0.6 is 11.3 Å². The second kappa shape index (κ2) is 4.68. The number of nitrogens with zero attached hydrogens (tertiary/aromatic N) is 5. The van der Waals surface area contributed by atoms with Crippen LogP contribution in [0.15, 0.2) is 36.0 Å². The van der Waals surface area contributed by atoms with Crippen LogP contribution in [0.5, 0.6) is 0 Å². The van der Waals surface area contributed by atoms with Gasteiger partial charge in [0.25, 0.3) is 0 Å². The molecule has 1 aliphatic heterocycles. The molecule has 0 fully saturated rings. The Morgan fingerprint density at radius 1 is 1.25 bits per heavy atom. The van der Waals surface area contributed by atoms with E-state index in [1.165, 1.54) is 0 Å². The molecule has 20 heavy (non-hydrogen) atoms. The van der Waals surface area contributed by atoms with Gasteiger partial charge in [-0.05, 0) is 18.6 Å². The lowest BCUT2D eigenvalue weighted by atomic mass is 10.2. The standard InChI is InChI=1S/C13H12N6S/c1-2-5-14-9(3-1)11-17-13-16-6-4-10(19(13)18-11)12-15-7-8-20-12/h1-3,5,7-8,10H,4,6H2,(H,16,17,18). The molecule has 0 saturated heterocycles. The number of nitrogens with one attached hydrogen (secondary N) is 1. The Labute approximate surface area is 119 Å². The number of pyridine rings is 1. The van der Waals surface area contributed by atoms with E-state index in [4.69, 9.17) is 0 Å². The Bertz CT molecular complexity index is 706. The number of thiazole rings is 1. The molecule has 100 valence electrons. The number of aromatic nitrogens is 5. The molecule has 3 aromatic heterocycles. The summed E-state index contributed by atoms with van der Waals surface area (Å²) < 4.78 is 1.92. The van der Waals surface area contributed by atoms with Gasteiger partial charge >= 0.3 is 0 Å². The van der Waals surface area contributed by atoms with Crippen LogP contribution in [0.1, 0.15) is 17.5 Å². The summed E-state index contributed by atoms with van der Waals surface area (Å²) in [5.41, 5.74) is 0.786. The monoisotopic (exact) mass is 284 g/mol. The molecule has 6 nitrogen and oxygen atoms in total. The molecule has 0 saturated carbocycles. The molecule has 0 spiro atoms. The SMILES string of the molecule is c1ccc(-c2nc3n(n2)C(c2nccs2)CCN3)nc1. The third kappa shape index (κ3) is 1.87. The van der Waals surface area contributed by atoms with E-state index in [9.17, 15) is 0 Å². The van der Waals surface area contributed by atoms with E-state index < -0.39 is 0 Å². The lowest BCUT2D eigenvalue weighted by Gasteiger charge is -2.22. The first-order valence-corrected chi connectivity index (χ1v) is 7.31. The zero-order valence-electron chi connectivity index (χ0n) is 10.6. The molecule has 0 aromatic carbocycles. The molecule has 0 bridgehead atoms. The Hall–Kier alpha value is -2.28. The van der Waals surface area contributed by atoms with E-state index in [1.54, 1.807) is 17.5 Å². The smallest absolute Gasteiger partial charge is 0.222 e. The van der Waals surface area contributed by atoms with Crippen molar-refractivity contribution in [1.29, 1.82) is 0 Å². The molecular formula is C13H12N6S. The summed E-state index contributed by atoms with van der Waals surface area (Å²) in [5, 5.41) is 11.0. The van der Waals surface area contributed by atoms with E-state index >= 15 is 0 Å². The van der Waals surface area contributed by atoms with Crippen LogP contribution < -0.4 is 5.32 Å². The highest BCUT2D eigenvalue weighted by atomic mass is 32.1. The Morgan fingerprint density at radius 2 is 2.25 bits per heavy atom. The summed E-state index contributed by atoms with van der Waals surface area (Å²) in [6.45, 7) is 0.880. The predicted molar refractivity (Wildman–Crippen MR) is 76.6 cm³/mol. The van der Waals surface area contributed by atoms with Gasteiger partial charge in [-0.1, -0.05) is 6.07 Å². The van der Waals surface area contributed by atoms with Crippen molar-refractivity contribution in [3.63, 3.8) is 0 Å². The molecule has 0 radical (unpaired) electrons. The summed E-state index contributed by atoms with van der Waals surface area (Å²) in [4.78, 5) is 13.2. The zero-order valence-corrected chi connectivity index (χ0v) is 11.4. The maximum atomic E-state index is 4.61. The van der Waals surface area contributed by atoms with E-state index in [1.807, 2.05) is 34.5 Å². The number of rotatable bonds is 2. The second-order valence-corrected chi connectivity index (χ2v) is 5.45. The van der Waals surface area contributed by atoms with Crippen molar-refractivity contribution in [2.75, 3.05) is 11.9 Å². The molecule has 1 aliphatic rings. The van der Waals surface area contributed by atoms with Crippen molar-refractivity contribution in [3.05, 3.63) is 41.0 Å². The highest BCUT2D eigenvalue weighted by molar-refractivity contribution is 7.09. The van der Waals surface area contributed by atoms with Crippen molar-refractivity contribution >= 4 is 17.3 Å². The van der Waals surface area contributed by atoms with Crippen LogP contribution in [-0.4, -0.2) is 31.3 Å². The molecule has 0 amide bonds. The predicted octanol–water partition coefficient (Wildman–Crippen LogP) is 2.20. The topological polar surface area (TPSA) is 68.5 Å². The lowest BCUT2D eigenvalue weighted by molar-refractivity contribution is 0.479. The molecule has 4 rings (SSSR count). The van der Waals surface area contributed by atoms with E-state index in [0.717, 1.165) is 29.6 Å². The van der Waals surface area contributed by atoms with Crippen molar-refractivity contribution in [2.24, 2.45) is 0 Å². The van der Waals surface area contributed by atoms with Gasteiger partial charge < -0.3 is 5.32 Å². The molecule has 7 heteroatoms. The minimum atomic E-state index is 0.163. The number of hydrogen-bond donors (Lipinski definition) is 1.